The van der Waals surface area contributed by atoms with Gasteiger partial charge in [0.1, 0.15) is 6.10 Å². The third-order valence-electron chi connectivity index (χ3n) is 1.81. The van der Waals surface area contributed by atoms with Crippen LogP contribution in [-0.2, 0) is 9.47 Å². The van der Waals surface area contributed by atoms with Gasteiger partial charge in [-0.3, -0.25) is 0 Å². The molecule has 0 aromatic heterocycles. The zero-order valence-electron chi connectivity index (χ0n) is 7.07. The molecule has 0 amide bonds. The van der Waals surface area contributed by atoms with Crippen LogP contribution >= 0.6 is 0 Å². The molecule has 0 fully saturated rings. The molecule has 1 N–H and O–H groups in total. The van der Waals surface area contributed by atoms with Gasteiger partial charge in [-0.25, -0.2) is 0 Å². The maximum atomic E-state index is 9.09. The fourth-order valence-corrected chi connectivity index (χ4v) is 1.21. The van der Waals surface area contributed by atoms with Crippen LogP contribution < -0.4 is 0 Å². The van der Waals surface area contributed by atoms with Crippen LogP contribution in [0.5, 0.6) is 0 Å². The number of rotatable bonds is 1. The van der Waals surface area contributed by atoms with E-state index in [1.807, 2.05) is 19.9 Å². The summed E-state index contributed by atoms with van der Waals surface area (Å²) in [7, 11) is 1.62. The van der Waals surface area contributed by atoms with Crippen molar-refractivity contribution in [3.05, 3.63) is 12.2 Å². The quantitative estimate of drug-likeness (QED) is 0.570. The van der Waals surface area contributed by atoms with Crippen LogP contribution in [0.3, 0.4) is 0 Å². The smallest absolute Gasteiger partial charge is 0.174 e. The minimum atomic E-state index is -0.795. The Balaban J connectivity index is 2.72. The summed E-state index contributed by atoms with van der Waals surface area (Å²) in [6.07, 6.45) is 2.52. The zero-order valence-corrected chi connectivity index (χ0v) is 7.07. The van der Waals surface area contributed by atoms with Crippen LogP contribution in [0.1, 0.15) is 13.8 Å². The molecule has 0 spiro atoms. The van der Waals surface area contributed by atoms with E-state index in [0.29, 0.717) is 0 Å². The molecule has 1 heterocycles. The molecule has 0 aromatic carbocycles. The Morgan fingerprint density at radius 1 is 1.45 bits per heavy atom. The Hall–Kier alpha value is -0.380. The predicted molar refractivity (Wildman–Crippen MR) is 41.1 cm³/mol. The minimum Gasteiger partial charge on any atom is -0.374 e. The van der Waals surface area contributed by atoms with E-state index in [1.165, 1.54) is 0 Å². The molecule has 0 saturated carbocycles. The Kier molecular flexibility index (Phi) is 2.32. The lowest BCUT2D eigenvalue weighted by atomic mass is 9.99. The highest BCUT2D eigenvalue weighted by molar-refractivity contribution is 5.04. The first-order valence-corrected chi connectivity index (χ1v) is 3.63. The maximum Gasteiger partial charge on any atom is 0.174 e. The number of methoxy groups -OCH3 is 1. The van der Waals surface area contributed by atoms with Crippen LogP contribution in [0.15, 0.2) is 12.2 Å². The molecule has 3 heteroatoms. The highest BCUT2D eigenvalue weighted by Gasteiger charge is 2.33. The summed E-state index contributed by atoms with van der Waals surface area (Å²) in [6.45, 7) is 3.77. The summed E-state index contributed by atoms with van der Waals surface area (Å²) >= 11 is 0. The van der Waals surface area contributed by atoms with Gasteiger partial charge in [0.05, 0.1) is 5.60 Å². The van der Waals surface area contributed by atoms with Gasteiger partial charge in [-0.1, -0.05) is 6.08 Å². The van der Waals surface area contributed by atoms with Gasteiger partial charge in [0.25, 0.3) is 0 Å². The fourth-order valence-electron chi connectivity index (χ4n) is 1.21. The lowest BCUT2D eigenvalue weighted by Gasteiger charge is -2.35. The molecule has 64 valence electrons. The van der Waals surface area contributed by atoms with Crippen LogP contribution in [0.25, 0.3) is 0 Å². The number of hydrogen-bond acceptors (Lipinski definition) is 3. The molecule has 0 aromatic rings. The molecule has 0 saturated heterocycles. The van der Waals surface area contributed by atoms with Gasteiger partial charge in [0, 0.05) is 7.11 Å². The van der Waals surface area contributed by atoms with Gasteiger partial charge >= 0.3 is 0 Å². The van der Waals surface area contributed by atoms with E-state index in [0.717, 1.165) is 0 Å². The van der Waals surface area contributed by atoms with Crippen molar-refractivity contribution in [1.82, 2.24) is 0 Å². The molecular formula is C8H14O3. The van der Waals surface area contributed by atoms with E-state index in [-0.39, 0.29) is 6.10 Å². The van der Waals surface area contributed by atoms with Gasteiger partial charge in [0.15, 0.2) is 6.29 Å². The summed E-state index contributed by atoms with van der Waals surface area (Å²) in [6, 6.07) is 0. The number of hydrogen-bond donors (Lipinski definition) is 1. The van der Waals surface area contributed by atoms with Gasteiger partial charge in [-0.2, -0.15) is 0 Å². The van der Waals surface area contributed by atoms with Crippen LogP contribution in [0.4, 0.5) is 0 Å². The predicted octanol–water partition coefficient (Wildman–Crippen LogP) is 0.685. The zero-order chi connectivity index (χ0) is 8.48. The SMILES string of the molecule is CO[C@@H]1C=C[C@@H](O)OC1(C)C. The highest BCUT2D eigenvalue weighted by Crippen LogP contribution is 2.24. The maximum absolute atomic E-state index is 9.09. The monoisotopic (exact) mass is 158 g/mol. The summed E-state index contributed by atoms with van der Waals surface area (Å²) < 4.78 is 10.4. The van der Waals surface area contributed by atoms with Crippen molar-refractivity contribution in [3.8, 4) is 0 Å². The van der Waals surface area contributed by atoms with E-state index >= 15 is 0 Å². The fraction of sp³-hybridized carbons (Fsp3) is 0.750. The van der Waals surface area contributed by atoms with E-state index < -0.39 is 11.9 Å². The van der Waals surface area contributed by atoms with Gasteiger partial charge in [-0.05, 0) is 19.9 Å². The standard InChI is InChI=1S/C8H14O3/c1-8(2)6(10-3)4-5-7(9)11-8/h4-7,9H,1-3H3/t6-,7+/m1/s1. The van der Waals surface area contributed by atoms with Crippen molar-refractivity contribution >= 4 is 0 Å². The highest BCUT2D eigenvalue weighted by atomic mass is 16.6. The third kappa shape index (κ3) is 1.80. The van der Waals surface area contributed by atoms with E-state index in [2.05, 4.69) is 0 Å². The molecule has 1 aliphatic heterocycles. The van der Waals surface area contributed by atoms with Crippen molar-refractivity contribution < 1.29 is 14.6 Å². The first-order chi connectivity index (χ1) is 5.06. The second-order valence-corrected chi connectivity index (χ2v) is 3.15. The van der Waals surface area contributed by atoms with E-state index in [4.69, 9.17) is 14.6 Å². The lowest BCUT2D eigenvalue weighted by Crippen LogP contribution is -2.44. The summed E-state index contributed by atoms with van der Waals surface area (Å²) in [5.41, 5.74) is -0.442. The number of aliphatic hydroxyl groups is 1. The summed E-state index contributed by atoms with van der Waals surface area (Å²) in [5, 5.41) is 9.09. The van der Waals surface area contributed by atoms with Gasteiger partial charge < -0.3 is 14.6 Å². The van der Waals surface area contributed by atoms with Crippen molar-refractivity contribution in [2.24, 2.45) is 0 Å². The minimum absolute atomic E-state index is 0.0779. The van der Waals surface area contributed by atoms with Crippen molar-refractivity contribution in [1.29, 1.82) is 0 Å². The normalized spacial score (nSPS) is 35.6. The molecule has 0 unspecified atom stereocenters. The molecule has 1 rings (SSSR count). The summed E-state index contributed by atoms with van der Waals surface area (Å²) in [4.78, 5) is 0. The van der Waals surface area contributed by atoms with Crippen LogP contribution in [0, 0.1) is 0 Å². The molecule has 0 radical (unpaired) electrons. The Morgan fingerprint density at radius 2 is 2.09 bits per heavy atom. The lowest BCUT2D eigenvalue weighted by molar-refractivity contribution is -0.191. The molecule has 11 heavy (non-hydrogen) atoms. The molecule has 0 bridgehead atoms. The van der Waals surface area contributed by atoms with Crippen LogP contribution in [-0.4, -0.2) is 30.2 Å². The van der Waals surface area contributed by atoms with Gasteiger partial charge in [-0.15, -0.1) is 0 Å². The number of ether oxygens (including phenoxy) is 2. The van der Waals surface area contributed by atoms with E-state index in [9.17, 15) is 0 Å². The molecule has 0 aliphatic carbocycles. The van der Waals surface area contributed by atoms with Crippen molar-refractivity contribution in [3.63, 3.8) is 0 Å². The number of aliphatic hydroxyl groups excluding tert-OH is 1. The van der Waals surface area contributed by atoms with E-state index in [1.54, 1.807) is 13.2 Å². The first-order valence-electron chi connectivity index (χ1n) is 3.63. The summed E-state index contributed by atoms with van der Waals surface area (Å²) in [5.74, 6) is 0. The Morgan fingerprint density at radius 3 is 2.55 bits per heavy atom. The molecule has 1 aliphatic rings. The topological polar surface area (TPSA) is 38.7 Å². The molecule has 3 nitrogen and oxygen atoms in total. The average molecular weight is 158 g/mol. The second-order valence-electron chi connectivity index (χ2n) is 3.15. The molecule has 2 atom stereocenters. The van der Waals surface area contributed by atoms with Crippen molar-refractivity contribution in [2.75, 3.05) is 7.11 Å². The molecular weight excluding hydrogens is 144 g/mol. The Bertz CT molecular complexity index is 163. The average Bonchev–Trinajstić information content (AvgIpc) is 1.85. The first kappa shape index (κ1) is 8.71. The van der Waals surface area contributed by atoms with Crippen LogP contribution in [0.2, 0.25) is 0 Å². The third-order valence-corrected chi connectivity index (χ3v) is 1.81. The second kappa shape index (κ2) is 2.93. The van der Waals surface area contributed by atoms with Gasteiger partial charge in [0.2, 0.25) is 0 Å². The largest absolute Gasteiger partial charge is 0.374 e. The van der Waals surface area contributed by atoms with Crippen molar-refractivity contribution in [2.45, 2.75) is 31.8 Å². The Labute approximate surface area is 66.6 Å².